The van der Waals surface area contributed by atoms with Crippen LogP contribution in [-0.4, -0.2) is 32.2 Å². The van der Waals surface area contributed by atoms with Crippen molar-refractivity contribution < 1.29 is 9.47 Å². The molecule has 1 aliphatic heterocycles. The Bertz CT molecular complexity index is 371. The van der Waals surface area contributed by atoms with Crippen LogP contribution in [0, 0.1) is 0 Å². The molecule has 100 valence electrons. The van der Waals surface area contributed by atoms with Gasteiger partial charge in [-0.15, -0.1) is 0 Å². The van der Waals surface area contributed by atoms with Crippen LogP contribution in [0.4, 0.5) is 5.69 Å². The highest BCUT2D eigenvalue weighted by Crippen LogP contribution is 2.33. The van der Waals surface area contributed by atoms with Crippen LogP contribution in [-0.2, 0) is 9.47 Å². The smallest absolute Gasteiger partial charge is 0.156 e. The van der Waals surface area contributed by atoms with Gasteiger partial charge in [0.05, 0.1) is 6.04 Å². The summed E-state index contributed by atoms with van der Waals surface area (Å²) in [5.41, 5.74) is 6.90. The lowest BCUT2D eigenvalue weighted by atomic mass is 9.93. The van der Waals surface area contributed by atoms with Crippen molar-refractivity contribution in [2.45, 2.75) is 31.5 Å². The predicted octanol–water partition coefficient (Wildman–Crippen LogP) is 1.95. The highest BCUT2D eigenvalue weighted by Gasteiger charge is 2.41. The molecule has 1 aliphatic rings. The van der Waals surface area contributed by atoms with Crippen molar-refractivity contribution in [3.8, 4) is 0 Å². The lowest BCUT2D eigenvalue weighted by molar-refractivity contribution is -0.139. The van der Waals surface area contributed by atoms with Crippen LogP contribution in [0.1, 0.15) is 19.8 Å². The Morgan fingerprint density at radius 2 is 2.11 bits per heavy atom. The summed E-state index contributed by atoms with van der Waals surface area (Å²) in [6.07, 6.45) is 2.06. The molecule has 18 heavy (non-hydrogen) atoms. The molecule has 2 N–H and O–H groups in total. The Balaban J connectivity index is 2.25. The average Bonchev–Trinajstić information content (AvgIpc) is 2.41. The molecule has 0 unspecified atom stereocenters. The summed E-state index contributed by atoms with van der Waals surface area (Å²) in [5, 5.41) is 0. The van der Waals surface area contributed by atoms with E-state index in [2.05, 4.69) is 17.0 Å². The quantitative estimate of drug-likeness (QED) is 0.830. The fraction of sp³-hybridized carbons (Fsp3) is 0.571. The molecule has 1 heterocycles. The fourth-order valence-electron chi connectivity index (χ4n) is 2.52. The first-order valence-corrected chi connectivity index (χ1v) is 6.39. The first-order valence-electron chi connectivity index (χ1n) is 6.39. The third kappa shape index (κ3) is 2.51. The molecule has 0 aromatic heterocycles. The first kappa shape index (κ1) is 13.3. The van der Waals surface area contributed by atoms with Gasteiger partial charge in [-0.1, -0.05) is 18.2 Å². The van der Waals surface area contributed by atoms with Crippen molar-refractivity contribution in [1.82, 2.24) is 0 Å². The molecular weight excluding hydrogens is 228 g/mol. The van der Waals surface area contributed by atoms with Gasteiger partial charge in [-0.05, 0) is 31.9 Å². The number of para-hydroxylation sites is 1. The van der Waals surface area contributed by atoms with Crippen LogP contribution in [0.5, 0.6) is 0 Å². The summed E-state index contributed by atoms with van der Waals surface area (Å²) in [7, 11) is 1.63. The molecule has 4 heteroatoms. The number of hydrogen-bond acceptors (Lipinski definition) is 4. The SMILES string of the molecule is COCO[C@@]1(C)[C@@H](N)CCCN1c1ccccc1. The van der Waals surface area contributed by atoms with Gasteiger partial charge in [-0.25, -0.2) is 0 Å². The van der Waals surface area contributed by atoms with Crippen LogP contribution in [0.15, 0.2) is 30.3 Å². The fourth-order valence-corrected chi connectivity index (χ4v) is 2.52. The van der Waals surface area contributed by atoms with E-state index in [0.29, 0.717) is 0 Å². The van der Waals surface area contributed by atoms with E-state index in [4.69, 9.17) is 15.2 Å². The van der Waals surface area contributed by atoms with Gasteiger partial charge in [0.15, 0.2) is 5.72 Å². The molecule has 2 rings (SSSR count). The Labute approximate surface area is 109 Å². The van der Waals surface area contributed by atoms with Crippen LogP contribution in [0.3, 0.4) is 0 Å². The number of methoxy groups -OCH3 is 1. The van der Waals surface area contributed by atoms with Crippen LogP contribution >= 0.6 is 0 Å². The van der Waals surface area contributed by atoms with Gasteiger partial charge in [0.2, 0.25) is 0 Å². The van der Waals surface area contributed by atoms with E-state index in [1.165, 1.54) is 0 Å². The van der Waals surface area contributed by atoms with Crippen molar-refractivity contribution in [3.63, 3.8) is 0 Å². The van der Waals surface area contributed by atoms with Crippen molar-refractivity contribution >= 4 is 5.69 Å². The average molecular weight is 250 g/mol. The van der Waals surface area contributed by atoms with Crippen molar-refractivity contribution in [2.75, 3.05) is 25.3 Å². The number of benzene rings is 1. The monoisotopic (exact) mass is 250 g/mol. The maximum absolute atomic E-state index is 6.26. The minimum absolute atomic E-state index is 0.0124. The summed E-state index contributed by atoms with van der Waals surface area (Å²) < 4.78 is 10.9. The van der Waals surface area contributed by atoms with Crippen molar-refractivity contribution in [1.29, 1.82) is 0 Å². The first-order chi connectivity index (χ1) is 8.68. The summed E-state index contributed by atoms with van der Waals surface area (Å²) in [6, 6.07) is 10.2. The van der Waals surface area contributed by atoms with Gasteiger partial charge >= 0.3 is 0 Å². The summed E-state index contributed by atoms with van der Waals surface area (Å²) >= 11 is 0. The Morgan fingerprint density at radius 1 is 1.39 bits per heavy atom. The zero-order valence-corrected chi connectivity index (χ0v) is 11.1. The van der Waals surface area contributed by atoms with Gasteiger partial charge in [-0.3, -0.25) is 0 Å². The molecule has 1 aromatic rings. The molecule has 0 radical (unpaired) electrons. The van der Waals surface area contributed by atoms with Crippen LogP contribution < -0.4 is 10.6 Å². The standard InChI is InChI=1S/C14H22N2O2/c1-14(18-11-17-2)13(15)9-6-10-16(14)12-7-4-3-5-8-12/h3-5,7-8,13H,6,9-11,15H2,1-2H3/t13-,14-/m0/s1. The van der Waals surface area contributed by atoms with Crippen LogP contribution in [0.25, 0.3) is 0 Å². The van der Waals surface area contributed by atoms with E-state index in [0.717, 1.165) is 25.1 Å². The molecular formula is C14H22N2O2. The number of anilines is 1. The normalized spacial score (nSPS) is 28.4. The molecule has 0 saturated carbocycles. The lowest BCUT2D eigenvalue weighted by Gasteiger charge is -2.49. The molecule has 2 atom stereocenters. The molecule has 0 bridgehead atoms. The Morgan fingerprint density at radius 3 is 2.78 bits per heavy atom. The predicted molar refractivity (Wildman–Crippen MR) is 72.4 cm³/mol. The minimum atomic E-state index is -0.504. The van der Waals surface area contributed by atoms with E-state index in [1.54, 1.807) is 7.11 Å². The largest absolute Gasteiger partial charge is 0.359 e. The van der Waals surface area contributed by atoms with Gasteiger partial charge in [0.1, 0.15) is 6.79 Å². The topological polar surface area (TPSA) is 47.7 Å². The zero-order chi connectivity index (χ0) is 13.0. The molecule has 4 nitrogen and oxygen atoms in total. The van der Waals surface area contributed by atoms with E-state index in [9.17, 15) is 0 Å². The Kier molecular flexibility index (Phi) is 4.22. The van der Waals surface area contributed by atoms with E-state index >= 15 is 0 Å². The number of hydrogen-bond donors (Lipinski definition) is 1. The summed E-state index contributed by atoms with van der Waals surface area (Å²) in [6.45, 7) is 3.26. The van der Waals surface area contributed by atoms with E-state index in [1.807, 2.05) is 25.1 Å². The molecule has 1 saturated heterocycles. The summed E-state index contributed by atoms with van der Waals surface area (Å²) in [5.74, 6) is 0. The number of nitrogens with two attached hydrogens (primary N) is 1. The molecule has 1 fully saturated rings. The highest BCUT2D eigenvalue weighted by atomic mass is 16.7. The molecule has 1 aromatic carbocycles. The van der Waals surface area contributed by atoms with Crippen molar-refractivity contribution in [3.05, 3.63) is 30.3 Å². The number of rotatable bonds is 4. The summed E-state index contributed by atoms with van der Waals surface area (Å²) in [4.78, 5) is 2.24. The second-order valence-corrected chi connectivity index (χ2v) is 4.84. The second kappa shape index (κ2) is 5.69. The zero-order valence-electron chi connectivity index (χ0n) is 11.1. The number of piperidine rings is 1. The van der Waals surface area contributed by atoms with Gasteiger partial charge in [0, 0.05) is 19.3 Å². The van der Waals surface area contributed by atoms with E-state index < -0.39 is 5.72 Å². The maximum atomic E-state index is 6.26. The van der Waals surface area contributed by atoms with Gasteiger partial charge < -0.3 is 20.1 Å². The molecule has 0 aliphatic carbocycles. The number of ether oxygens (including phenoxy) is 2. The maximum Gasteiger partial charge on any atom is 0.156 e. The molecule has 0 amide bonds. The van der Waals surface area contributed by atoms with Crippen molar-refractivity contribution in [2.24, 2.45) is 5.73 Å². The van der Waals surface area contributed by atoms with Gasteiger partial charge in [0.25, 0.3) is 0 Å². The van der Waals surface area contributed by atoms with Gasteiger partial charge in [-0.2, -0.15) is 0 Å². The third-order valence-corrected chi connectivity index (χ3v) is 3.66. The lowest BCUT2D eigenvalue weighted by Crippen LogP contribution is -2.63. The minimum Gasteiger partial charge on any atom is -0.359 e. The number of nitrogens with zero attached hydrogens (tertiary/aromatic N) is 1. The third-order valence-electron chi connectivity index (χ3n) is 3.66. The molecule has 0 spiro atoms. The van der Waals surface area contributed by atoms with Crippen LogP contribution in [0.2, 0.25) is 0 Å². The second-order valence-electron chi connectivity index (χ2n) is 4.84. The van der Waals surface area contributed by atoms with E-state index in [-0.39, 0.29) is 12.8 Å². The Hall–Kier alpha value is -1.10. The highest BCUT2D eigenvalue weighted by molar-refractivity contribution is 5.49.